The Morgan fingerprint density at radius 1 is 0.500 bits per heavy atom. The van der Waals surface area contributed by atoms with Crippen molar-refractivity contribution in [3.8, 4) is 5.75 Å². The molecule has 0 spiro atoms. The number of primary amides is 2. The molecular weight excluding hydrogens is 1940 g/mol. The Hall–Kier alpha value is -12.3. The van der Waals surface area contributed by atoms with Gasteiger partial charge in [0, 0.05) is 102 Å². The Morgan fingerprint density at radius 2 is 1.01 bits per heavy atom. The second kappa shape index (κ2) is 64.4. The van der Waals surface area contributed by atoms with Crippen molar-refractivity contribution >= 4 is 128 Å². The fourth-order valence-corrected chi connectivity index (χ4v) is 17.2. The molecule has 0 bridgehead atoms. The molecule has 1 aliphatic carbocycles. The number of aliphatic hydroxyl groups is 2. The number of carboxylic acids is 1. The van der Waals surface area contributed by atoms with E-state index in [9.17, 15) is 87.5 Å². The summed E-state index contributed by atoms with van der Waals surface area (Å²) in [6.45, 7) is 17.5. The number of benzene rings is 3. The number of allylic oxidation sites excluding steroid dienone is 2. The summed E-state index contributed by atoms with van der Waals surface area (Å²) in [7, 11) is 0. The number of phenols is 1. The fraction of sp³-hybridized carbons (Fsp3) is 0.604. The van der Waals surface area contributed by atoms with E-state index < -0.39 is 235 Å². The molecule has 44 nitrogen and oxygen atoms in total. The molecule has 0 saturated heterocycles. The van der Waals surface area contributed by atoms with Crippen molar-refractivity contribution in [1.82, 2.24) is 95.8 Å². The first-order valence-electron chi connectivity index (χ1n) is 52.0. The molecule has 26 N–H and O–H groups in total. The van der Waals surface area contributed by atoms with E-state index in [0.29, 0.717) is 72.5 Å². The number of aliphatic hydroxyl groups excluding tert-OH is 2. The fourth-order valence-electron chi connectivity index (χ4n) is 17.2. The van der Waals surface area contributed by atoms with E-state index in [0.717, 1.165) is 6.42 Å². The number of hydrogen-bond donors (Lipinski definition) is 24. The van der Waals surface area contributed by atoms with Crippen molar-refractivity contribution < 1.29 is 116 Å². The van der Waals surface area contributed by atoms with Gasteiger partial charge in [0.25, 0.3) is 0 Å². The molecule has 150 heavy (non-hydrogen) atoms. The standard InChI is InChI=1S/C106H160N20O24/c1-61(2)52-80(116-69(10)129)100(146)121-93(68(9)128)96(142)94(140)79(53-70-28-21-20-22-29-70)125-126-106(12)48-26-19-17-15-13-14-16-18-25-47-105(11,90(136)58-112-65(6)89(135)46-51-111-64(5)88(134)45-50-110-63(4)87(133)44-49-109-62(3)85(131)40-41-86(132)66(7)114-60-115-67(8)98(108)144)122-104(150)81(54-71-30-27-31-71)119-99(145)78(38-42-91(107)137)118-103(149)84(59-127)120-102(148)83(56-73-57-113-76-33-24-23-32-75(73)76)124-123-82(55-72-34-36-74(130)37-35-72)101(147)117-77(39-43-92(138)139)95(141)97(106)143/h14,16,20-24,28-29,32-37,57,61-68,71,77-84,93,109-115,123-128,130H,13,15,17-19,25-27,30-31,38-56,58-60H2,1-12H3,(H2,107,137)(H2,108,144)(H,116,129)(H,117,147)(H,118,149)(H,119,145)(H,120,148)(H,121,146)(H,122,150)(H,138,139)/b16-14+/t62-,63-,64-,65-,66-,67+,68+,77-,78-,79-,80-,81-,82-,83-,84-,93-,105-,106+/m0/s1. The molecule has 0 unspecified atom stereocenters. The van der Waals surface area contributed by atoms with Crippen molar-refractivity contribution in [3.05, 3.63) is 114 Å². The van der Waals surface area contributed by atoms with Crippen LogP contribution in [-0.2, 0) is 115 Å². The monoisotopic (exact) mass is 2100 g/mol. The number of para-hydroxylation sites is 1. The summed E-state index contributed by atoms with van der Waals surface area (Å²) in [5.74, 6) is -16.7. The number of carbonyl (C=O) groups is 20. The third-order valence-corrected chi connectivity index (χ3v) is 27.3. The maximum Gasteiger partial charge on any atom is 0.303 e. The number of aromatic hydroxyl groups is 1. The predicted molar refractivity (Wildman–Crippen MR) is 559 cm³/mol. The summed E-state index contributed by atoms with van der Waals surface area (Å²) in [6, 6.07) is 1.80. The predicted octanol–water partition coefficient (Wildman–Crippen LogP) is 0.531. The molecule has 828 valence electrons. The van der Waals surface area contributed by atoms with Crippen LogP contribution in [0.1, 0.15) is 247 Å². The number of H-pyrrole nitrogens is 1. The minimum absolute atomic E-state index is 0.00144. The van der Waals surface area contributed by atoms with Crippen molar-refractivity contribution in [1.29, 1.82) is 0 Å². The van der Waals surface area contributed by atoms with E-state index >= 15 is 28.8 Å². The lowest BCUT2D eigenvalue weighted by Crippen LogP contribution is -2.65. The zero-order valence-corrected chi connectivity index (χ0v) is 88.4. The molecule has 1 fully saturated rings. The Bertz CT molecular complexity index is 5250. The Morgan fingerprint density at radius 3 is 1.57 bits per heavy atom. The van der Waals surface area contributed by atoms with Gasteiger partial charge in [-0.3, -0.25) is 107 Å². The molecule has 9 amide bonds. The van der Waals surface area contributed by atoms with E-state index in [2.05, 4.69) is 95.8 Å². The van der Waals surface area contributed by atoms with Crippen molar-refractivity contribution in [2.75, 3.05) is 39.5 Å². The van der Waals surface area contributed by atoms with Crippen LogP contribution in [0.4, 0.5) is 0 Å². The molecule has 0 radical (unpaired) electrons. The minimum atomic E-state index is -2.11. The molecule has 18 atom stereocenters. The van der Waals surface area contributed by atoms with Crippen LogP contribution in [0.2, 0.25) is 0 Å². The number of nitrogens with two attached hydrogens (primary N) is 2. The lowest BCUT2D eigenvalue weighted by Gasteiger charge is -2.35. The SMILES string of the molecule is CC(=O)N[C@@H](CC(C)C)C(=O)N[C@H](C(=O)C(=O)[C@H](Cc1ccccc1)NN[C@]1(C)CCCCCC/C=C/CCC[C@@](C)(C(=O)CN[C@@H](C)C(=O)CCN[C@@H](C)C(=O)CCN[C@@H](C)C(=O)CCN[C@@H](C)C(=O)CCC(=O)[C@H](C)NCN[C@H](C)C(N)=O)NC(=O)[C@H](CC2CCC2)NC(=O)[C@H](CCC(N)=O)NC(=O)[C@H](CO)NC(=O)[C@H](Cc2c[nH]c3ccccc23)NN[C@@H](Cc2ccc(O)cc2)C(=O)N[C@@H](CCC(=O)O)C(=O)C1=O)[C@@H](C)O. The van der Waals surface area contributed by atoms with Crippen LogP contribution < -0.4 is 102 Å². The molecule has 1 saturated carbocycles. The lowest BCUT2D eigenvalue weighted by atomic mass is 9.80. The molecule has 4 aromatic rings. The first kappa shape index (κ1) is 126. The topological polar surface area (TPSA) is 695 Å². The highest BCUT2D eigenvalue weighted by Crippen LogP contribution is 2.32. The number of aliphatic carboxylic acids is 1. The molecule has 1 aliphatic heterocycles. The number of Topliss-reactive ketones (excluding diaryl/α,β-unsaturated/α-hetero) is 10. The Labute approximate surface area is 875 Å². The van der Waals surface area contributed by atoms with Gasteiger partial charge >= 0.3 is 5.97 Å². The average molecular weight is 2100 g/mol. The van der Waals surface area contributed by atoms with Crippen LogP contribution in [0.15, 0.2) is 97.2 Å². The summed E-state index contributed by atoms with van der Waals surface area (Å²) >= 11 is 0. The number of ketones is 10. The summed E-state index contributed by atoms with van der Waals surface area (Å²) in [5, 5.41) is 79.8. The molecule has 3 aromatic carbocycles. The zero-order valence-electron chi connectivity index (χ0n) is 88.4. The maximum absolute atomic E-state index is 15.7. The smallest absolute Gasteiger partial charge is 0.303 e. The van der Waals surface area contributed by atoms with Gasteiger partial charge in [-0.05, 0) is 186 Å². The number of aromatic amines is 1. The van der Waals surface area contributed by atoms with Gasteiger partial charge in [0.15, 0.2) is 23.1 Å². The summed E-state index contributed by atoms with van der Waals surface area (Å²) < 4.78 is 0. The quantitative estimate of drug-likeness (QED) is 0.0124. The lowest BCUT2D eigenvalue weighted by molar-refractivity contribution is -0.144. The van der Waals surface area contributed by atoms with Crippen LogP contribution in [0, 0.1) is 11.8 Å². The van der Waals surface area contributed by atoms with E-state index in [1.807, 2.05) is 12.2 Å². The number of hydrazine groups is 2. The summed E-state index contributed by atoms with van der Waals surface area (Å²) in [4.78, 5) is 283. The number of aromatic nitrogens is 1. The molecule has 2 aliphatic rings. The largest absolute Gasteiger partial charge is 0.508 e. The van der Waals surface area contributed by atoms with E-state index in [1.54, 1.807) is 116 Å². The van der Waals surface area contributed by atoms with E-state index in [4.69, 9.17) is 11.5 Å². The van der Waals surface area contributed by atoms with Crippen LogP contribution in [0.25, 0.3) is 10.9 Å². The van der Waals surface area contributed by atoms with E-state index in [-0.39, 0.29) is 163 Å². The Balaban J connectivity index is 1.29. The molecular formula is C106H160N20O24. The van der Waals surface area contributed by atoms with Crippen molar-refractivity contribution in [2.24, 2.45) is 23.3 Å². The van der Waals surface area contributed by atoms with Gasteiger partial charge in [-0.1, -0.05) is 125 Å². The summed E-state index contributed by atoms with van der Waals surface area (Å²) in [6.07, 6.45) is 5.03. The summed E-state index contributed by atoms with van der Waals surface area (Å²) in [5.41, 5.74) is 20.5. The normalized spacial score (nSPS) is 21.9. The number of carboxylic acid groups (broad SMARTS) is 1. The van der Waals surface area contributed by atoms with Crippen molar-refractivity contribution in [2.45, 2.75) is 358 Å². The second-order valence-electron chi connectivity index (χ2n) is 40.3. The number of rotatable bonds is 56. The maximum atomic E-state index is 15.7. The van der Waals surface area contributed by atoms with Gasteiger partial charge in [-0.2, -0.15) is 0 Å². The van der Waals surface area contributed by atoms with Gasteiger partial charge in [-0.25, -0.2) is 21.7 Å². The van der Waals surface area contributed by atoms with Gasteiger partial charge in [0.1, 0.15) is 59.6 Å². The number of amides is 9. The Kier molecular flexibility index (Phi) is 54.2. The zero-order chi connectivity index (χ0) is 111. The number of fused-ring (bicyclic) bond motifs is 1. The van der Waals surface area contributed by atoms with Gasteiger partial charge in [0.05, 0.1) is 78.7 Å². The highest BCUT2D eigenvalue weighted by atomic mass is 16.4. The first-order chi connectivity index (χ1) is 71.0. The molecule has 6 rings (SSSR count). The number of hydrogen-bond acceptors (Lipinski definition) is 33. The highest BCUT2D eigenvalue weighted by Gasteiger charge is 2.46. The van der Waals surface area contributed by atoms with Crippen LogP contribution >= 0.6 is 0 Å². The molecule has 2 heterocycles. The molecule has 1 aromatic heterocycles. The third kappa shape index (κ3) is 43.6. The number of nitrogens with one attached hydrogen (secondary N) is 18. The van der Waals surface area contributed by atoms with Crippen LogP contribution in [0.5, 0.6) is 5.75 Å². The van der Waals surface area contributed by atoms with E-state index in [1.165, 1.54) is 52.0 Å². The van der Waals surface area contributed by atoms with Gasteiger partial charge in [0.2, 0.25) is 76.3 Å². The van der Waals surface area contributed by atoms with Gasteiger partial charge in [-0.15, -0.1) is 0 Å². The number of phenolic OH excluding ortho intramolecular Hbond substituents is 1. The van der Waals surface area contributed by atoms with Gasteiger partial charge < -0.3 is 95.4 Å². The van der Waals surface area contributed by atoms with Crippen LogP contribution in [0.3, 0.4) is 0 Å². The molecule has 44 heteroatoms. The first-order valence-corrected chi connectivity index (χ1v) is 52.0. The second-order valence-corrected chi connectivity index (χ2v) is 40.3. The highest BCUT2D eigenvalue weighted by molar-refractivity contribution is 6.43. The number of carbonyl (C=O) groups excluding carboxylic acids is 19. The third-order valence-electron chi connectivity index (χ3n) is 27.3. The van der Waals surface area contributed by atoms with Crippen molar-refractivity contribution in [3.63, 3.8) is 0 Å². The average Bonchev–Trinajstić information content (AvgIpc) is 1.56. The van der Waals surface area contributed by atoms with Crippen LogP contribution in [-0.4, -0.2) is 290 Å². The minimum Gasteiger partial charge on any atom is -0.508 e.